The largest absolute Gasteiger partial charge is 0.497 e. The lowest BCUT2D eigenvalue weighted by molar-refractivity contribution is -0.131. The Balaban J connectivity index is 1.55. The molecule has 0 N–H and O–H groups in total. The number of para-hydroxylation sites is 1. The number of benzene rings is 2. The zero-order valence-corrected chi connectivity index (χ0v) is 16.5. The van der Waals surface area contributed by atoms with Gasteiger partial charge in [-0.2, -0.15) is 0 Å². The van der Waals surface area contributed by atoms with Crippen LogP contribution in [0.3, 0.4) is 0 Å². The number of hydrogen-bond donors (Lipinski definition) is 0. The quantitative estimate of drug-likeness (QED) is 0.757. The van der Waals surface area contributed by atoms with E-state index in [-0.39, 0.29) is 5.91 Å². The maximum Gasteiger partial charge on any atom is 0.223 e. The third-order valence-electron chi connectivity index (χ3n) is 4.92. The summed E-state index contributed by atoms with van der Waals surface area (Å²) < 4.78 is 10.7. The van der Waals surface area contributed by atoms with Crippen LogP contribution in [-0.2, 0) is 11.2 Å². The van der Waals surface area contributed by atoms with Gasteiger partial charge in [-0.1, -0.05) is 23.7 Å². The van der Waals surface area contributed by atoms with Crippen molar-refractivity contribution in [1.29, 1.82) is 0 Å². The molecule has 1 aliphatic rings. The van der Waals surface area contributed by atoms with Gasteiger partial charge in [-0.3, -0.25) is 4.79 Å². The summed E-state index contributed by atoms with van der Waals surface area (Å²) in [6, 6.07) is 13.5. The normalized spacial score (nSPS) is 14.2. The number of methoxy groups -OCH3 is 2. The summed E-state index contributed by atoms with van der Waals surface area (Å²) in [7, 11) is 3.27. The second-order valence-electron chi connectivity index (χ2n) is 6.50. The smallest absolute Gasteiger partial charge is 0.223 e. The number of amides is 1. The van der Waals surface area contributed by atoms with Crippen molar-refractivity contribution >= 4 is 23.2 Å². The summed E-state index contributed by atoms with van der Waals surface area (Å²) in [4.78, 5) is 16.8. The molecule has 6 heteroatoms. The summed E-state index contributed by atoms with van der Waals surface area (Å²) in [5, 5.41) is 0.752. The van der Waals surface area contributed by atoms with Crippen LogP contribution in [0.5, 0.6) is 11.5 Å². The molecule has 0 aromatic heterocycles. The molecule has 0 bridgehead atoms. The molecule has 5 nitrogen and oxygen atoms in total. The van der Waals surface area contributed by atoms with Crippen molar-refractivity contribution < 1.29 is 14.3 Å². The predicted octanol–water partition coefficient (Wildman–Crippen LogP) is 3.64. The Hall–Kier alpha value is -2.40. The topological polar surface area (TPSA) is 42.0 Å². The summed E-state index contributed by atoms with van der Waals surface area (Å²) in [5.41, 5.74) is 2.02. The number of anilines is 1. The number of ether oxygens (including phenoxy) is 2. The second kappa shape index (κ2) is 9.00. The van der Waals surface area contributed by atoms with Gasteiger partial charge in [0.2, 0.25) is 5.91 Å². The molecule has 0 saturated carbocycles. The van der Waals surface area contributed by atoms with E-state index in [1.807, 2.05) is 47.4 Å². The minimum Gasteiger partial charge on any atom is -0.497 e. The average Bonchev–Trinajstić information content (AvgIpc) is 2.72. The maximum atomic E-state index is 12.6. The van der Waals surface area contributed by atoms with Gasteiger partial charge in [0.15, 0.2) is 0 Å². The molecular formula is C21H25ClN2O3. The van der Waals surface area contributed by atoms with Crippen LogP contribution in [0.4, 0.5) is 5.69 Å². The van der Waals surface area contributed by atoms with Crippen molar-refractivity contribution in [3.05, 3.63) is 53.1 Å². The van der Waals surface area contributed by atoms with Crippen molar-refractivity contribution in [2.75, 3.05) is 45.3 Å². The van der Waals surface area contributed by atoms with Crippen molar-refractivity contribution in [3.8, 4) is 11.5 Å². The molecular weight excluding hydrogens is 364 g/mol. The molecule has 1 fully saturated rings. The third-order valence-corrected chi connectivity index (χ3v) is 5.24. The van der Waals surface area contributed by atoms with Gasteiger partial charge in [0.1, 0.15) is 11.5 Å². The highest BCUT2D eigenvalue weighted by Crippen LogP contribution is 2.27. The Morgan fingerprint density at radius 2 is 1.78 bits per heavy atom. The highest BCUT2D eigenvalue weighted by Gasteiger charge is 2.22. The fourth-order valence-corrected chi connectivity index (χ4v) is 3.64. The standard InChI is InChI=1S/C21H25ClN2O3/c1-26-17-8-9-20(27-2)16(15-17)7-10-21(25)24-13-11-23(12-14-24)19-6-4-3-5-18(19)22/h3-6,8-9,15H,7,10-14H2,1-2H3. The number of carbonyl (C=O) groups excluding carboxylic acids is 1. The molecule has 144 valence electrons. The van der Waals surface area contributed by atoms with E-state index < -0.39 is 0 Å². The van der Waals surface area contributed by atoms with Crippen molar-refractivity contribution in [2.45, 2.75) is 12.8 Å². The Morgan fingerprint density at radius 1 is 1.04 bits per heavy atom. The van der Waals surface area contributed by atoms with E-state index in [1.54, 1.807) is 14.2 Å². The van der Waals surface area contributed by atoms with Crippen molar-refractivity contribution in [2.24, 2.45) is 0 Å². The van der Waals surface area contributed by atoms with Crippen LogP contribution in [0, 0.1) is 0 Å². The molecule has 0 spiro atoms. The summed E-state index contributed by atoms with van der Waals surface area (Å²) in [6.07, 6.45) is 1.08. The lowest BCUT2D eigenvalue weighted by atomic mass is 10.1. The molecule has 1 heterocycles. The number of rotatable bonds is 6. The van der Waals surface area contributed by atoms with Crippen LogP contribution >= 0.6 is 11.6 Å². The highest BCUT2D eigenvalue weighted by atomic mass is 35.5. The van der Waals surface area contributed by atoms with Crippen LogP contribution < -0.4 is 14.4 Å². The average molecular weight is 389 g/mol. The van der Waals surface area contributed by atoms with Crippen LogP contribution in [0.15, 0.2) is 42.5 Å². The maximum absolute atomic E-state index is 12.6. The lowest BCUT2D eigenvalue weighted by Gasteiger charge is -2.36. The molecule has 0 radical (unpaired) electrons. The predicted molar refractivity (Wildman–Crippen MR) is 108 cm³/mol. The highest BCUT2D eigenvalue weighted by molar-refractivity contribution is 6.33. The van der Waals surface area contributed by atoms with E-state index in [9.17, 15) is 4.79 Å². The molecule has 3 rings (SSSR count). The summed E-state index contributed by atoms with van der Waals surface area (Å²) >= 11 is 6.28. The molecule has 1 aliphatic heterocycles. The van der Waals surface area contributed by atoms with Gasteiger partial charge < -0.3 is 19.3 Å². The number of halogens is 1. The molecule has 2 aromatic rings. The summed E-state index contributed by atoms with van der Waals surface area (Å²) in [5.74, 6) is 1.72. The molecule has 1 saturated heterocycles. The Bertz CT molecular complexity index is 789. The first-order valence-electron chi connectivity index (χ1n) is 9.10. The zero-order chi connectivity index (χ0) is 19.2. The van der Waals surface area contributed by atoms with E-state index in [2.05, 4.69) is 4.90 Å². The van der Waals surface area contributed by atoms with Gasteiger partial charge >= 0.3 is 0 Å². The zero-order valence-electron chi connectivity index (χ0n) is 15.8. The first-order chi connectivity index (χ1) is 13.1. The Morgan fingerprint density at radius 3 is 2.44 bits per heavy atom. The molecule has 27 heavy (non-hydrogen) atoms. The molecule has 1 amide bonds. The molecule has 2 aromatic carbocycles. The SMILES string of the molecule is COc1ccc(OC)c(CCC(=O)N2CCN(c3ccccc3Cl)CC2)c1. The van der Waals surface area contributed by atoms with Gasteiger partial charge in [-0.25, -0.2) is 0 Å². The molecule has 0 aliphatic carbocycles. The van der Waals surface area contributed by atoms with Gasteiger partial charge in [0, 0.05) is 32.6 Å². The van der Waals surface area contributed by atoms with E-state index in [0.717, 1.165) is 40.9 Å². The van der Waals surface area contributed by atoms with E-state index in [1.165, 1.54) is 0 Å². The van der Waals surface area contributed by atoms with Crippen LogP contribution in [0.25, 0.3) is 0 Å². The van der Waals surface area contributed by atoms with Crippen molar-refractivity contribution in [1.82, 2.24) is 4.90 Å². The lowest BCUT2D eigenvalue weighted by Crippen LogP contribution is -2.48. The van der Waals surface area contributed by atoms with Gasteiger partial charge in [0.25, 0.3) is 0 Å². The minimum absolute atomic E-state index is 0.165. The Labute approximate surface area is 165 Å². The first kappa shape index (κ1) is 19.4. The third kappa shape index (κ3) is 4.66. The van der Waals surface area contributed by atoms with Crippen LogP contribution in [0.2, 0.25) is 5.02 Å². The van der Waals surface area contributed by atoms with Crippen molar-refractivity contribution in [3.63, 3.8) is 0 Å². The summed E-state index contributed by atoms with van der Waals surface area (Å²) in [6.45, 7) is 2.99. The second-order valence-corrected chi connectivity index (χ2v) is 6.90. The first-order valence-corrected chi connectivity index (χ1v) is 9.48. The monoisotopic (exact) mass is 388 g/mol. The van der Waals surface area contributed by atoms with E-state index in [0.29, 0.717) is 25.9 Å². The van der Waals surface area contributed by atoms with Gasteiger partial charge in [-0.15, -0.1) is 0 Å². The fraction of sp³-hybridized carbons (Fsp3) is 0.381. The van der Waals surface area contributed by atoms with E-state index in [4.69, 9.17) is 21.1 Å². The minimum atomic E-state index is 0.165. The number of nitrogens with zero attached hydrogens (tertiary/aromatic N) is 2. The van der Waals surface area contributed by atoms with Gasteiger partial charge in [0.05, 0.1) is 24.9 Å². The van der Waals surface area contributed by atoms with Crippen LogP contribution in [0.1, 0.15) is 12.0 Å². The number of aryl methyl sites for hydroxylation is 1. The molecule has 0 atom stereocenters. The van der Waals surface area contributed by atoms with Gasteiger partial charge in [-0.05, 0) is 42.3 Å². The fourth-order valence-electron chi connectivity index (χ4n) is 3.38. The van der Waals surface area contributed by atoms with Crippen LogP contribution in [-0.4, -0.2) is 51.2 Å². The number of carbonyl (C=O) groups is 1. The van der Waals surface area contributed by atoms with E-state index >= 15 is 0 Å². The number of piperazine rings is 1. The molecule has 0 unspecified atom stereocenters. The number of hydrogen-bond acceptors (Lipinski definition) is 4. The Kier molecular flexibility index (Phi) is 6.45.